The molecule has 2 aromatic carbocycles. The summed E-state index contributed by atoms with van der Waals surface area (Å²) >= 11 is 0. The Morgan fingerprint density at radius 3 is 2.02 bits per heavy atom. The normalized spacial score (nSPS) is 16.2. The third kappa shape index (κ3) is 8.92. The number of hydrogen-bond donors (Lipinski definition) is 1. The van der Waals surface area contributed by atoms with Gasteiger partial charge in [0.05, 0.1) is 11.5 Å². The predicted molar refractivity (Wildman–Crippen MR) is 164 cm³/mol. The molecule has 1 aliphatic rings. The molecule has 2 heterocycles. The summed E-state index contributed by atoms with van der Waals surface area (Å²) < 4.78 is 22.4. The van der Waals surface area contributed by atoms with Crippen LogP contribution in [-0.2, 0) is 32.0 Å². The zero-order chi connectivity index (χ0) is 32.1. The number of carbonyl (C=O) groups excluding carboxylic acids is 4. The van der Waals surface area contributed by atoms with Gasteiger partial charge < -0.3 is 24.3 Å². The highest BCUT2D eigenvalue weighted by Gasteiger charge is 2.44. The van der Waals surface area contributed by atoms with Gasteiger partial charge in [-0.2, -0.15) is 0 Å². The minimum atomic E-state index is -1.39. The van der Waals surface area contributed by atoms with Crippen molar-refractivity contribution in [3.05, 3.63) is 89.6 Å². The molecule has 1 aromatic heterocycles. The van der Waals surface area contributed by atoms with Crippen LogP contribution in [0.1, 0.15) is 63.0 Å². The Hall–Kier alpha value is -4.67. The first-order valence-electron chi connectivity index (χ1n) is 14.4. The first-order chi connectivity index (χ1) is 20.7. The van der Waals surface area contributed by atoms with Gasteiger partial charge in [0.1, 0.15) is 23.6 Å². The standard InChI is InChI=1S/C33H37BN2O8/c1-32(2,3)43-30(39)34(31(40)44-33(4,5)6)26-19-22(16-17-35-26)18-25-27(37)36-28(25)42-24-14-12-23(13-15-24)29(38)41-20-21-10-8-7-9-11-21/h7-17,19,25,28H,18,20H2,1-6H3,(H,36,37)/t25-,28+/m0/s1. The second kappa shape index (κ2) is 13.3. The largest absolute Gasteiger partial charge is 0.470 e. The van der Waals surface area contributed by atoms with Crippen molar-refractivity contribution in [2.75, 3.05) is 0 Å². The van der Waals surface area contributed by atoms with E-state index in [0.29, 0.717) is 16.9 Å². The highest BCUT2D eigenvalue weighted by Crippen LogP contribution is 2.25. The summed E-state index contributed by atoms with van der Waals surface area (Å²) in [5.41, 5.74) is 0.444. The molecule has 0 unspecified atom stereocenters. The van der Waals surface area contributed by atoms with E-state index in [1.165, 1.54) is 6.20 Å². The molecule has 1 N–H and O–H groups in total. The molecule has 1 saturated heterocycles. The first kappa shape index (κ1) is 32.3. The van der Waals surface area contributed by atoms with Gasteiger partial charge in [-0.15, -0.1) is 0 Å². The summed E-state index contributed by atoms with van der Waals surface area (Å²) in [6, 6.07) is 19.2. The van der Waals surface area contributed by atoms with E-state index in [9.17, 15) is 19.2 Å². The third-order valence-corrected chi connectivity index (χ3v) is 6.43. The fourth-order valence-corrected chi connectivity index (χ4v) is 4.42. The van der Waals surface area contributed by atoms with Gasteiger partial charge in [-0.05, 0) is 95.5 Å². The van der Waals surface area contributed by atoms with Crippen LogP contribution in [-0.4, -0.2) is 52.7 Å². The van der Waals surface area contributed by atoms with Gasteiger partial charge in [0, 0.05) is 11.8 Å². The summed E-state index contributed by atoms with van der Waals surface area (Å²) in [6.45, 7) is 9.03. The number of β-lactam (4-membered cyclic amide) rings is 1. The number of hydrogen-bond acceptors (Lipinski definition) is 9. The predicted octanol–water partition coefficient (Wildman–Crippen LogP) is 4.87. The maximum atomic E-state index is 13.1. The monoisotopic (exact) mass is 600 g/mol. The third-order valence-electron chi connectivity index (χ3n) is 6.43. The number of ether oxygens (including phenoxy) is 4. The Bertz CT molecular complexity index is 1470. The number of amides is 1. The molecule has 0 aliphatic carbocycles. The van der Waals surface area contributed by atoms with E-state index in [1.54, 1.807) is 77.9 Å². The number of nitrogens with zero attached hydrogens (tertiary/aromatic N) is 1. The van der Waals surface area contributed by atoms with Crippen molar-refractivity contribution in [3.8, 4) is 5.75 Å². The topological polar surface area (TPSA) is 130 Å². The SMILES string of the molecule is CC(C)(C)OC(=O)B(C(=O)OC(C)(C)C)c1cc(C[C@H]2C(=O)N[C@@H]2Oc2ccc(C(=O)OCc3ccccc3)cc2)ccn1. The Morgan fingerprint density at radius 1 is 0.841 bits per heavy atom. The van der Waals surface area contributed by atoms with Crippen molar-refractivity contribution >= 4 is 35.9 Å². The van der Waals surface area contributed by atoms with E-state index >= 15 is 0 Å². The number of benzene rings is 2. The molecule has 44 heavy (non-hydrogen) atoms. The van der Waals surface area contributed by atoms with E-state index in [2.05, 4.69) is 10.3 Å². The van der Waals surface area contributed by atoms with E-state index in [0.717, 1.165) is 5.56 Å². The summed E-state index contributed by atoms with van der Waals surface area (Å²) in [5.74, 6) is -2.28. The molecule has 1 aliphatic heterocycles. The fraction of sp³-hybridized carbons (Fsp3) is 0.364. The molecule has 230 valence electrons. The van der Waals surface area contributed by atoms with Crippen LogP contribution in [0, 0.1) is 5.92 Å². The lowest BCUT2D eigenvalue weighted by molar-refractivity contribution is -0.144. The molecular formula is C33H37BN2O8. The zero-order valence-corrected chi connectivity index (χ0v) is 25.8. The molecule has 10 nitrogen and oxygen atoms in total. The lowest BCUT2D eigenvalue weighted by atomic mass is 9.46. The number of nitrogens with one attached hydrogen (secondary N) is 1. The van der Waals surface area contributed by atoms with Crippen molar-refractivity contribution in [1.82, 2.24) is 10.3 Å². The minimum absolute atomic E-state index is 0.165. The quantitative estimate of drug-likeness (QED) is 0.150. The average Bonchev–Trinajstić information content (AvgIpc) is 2.94. The molecule has 11 heteroatoms. The van der Waals surface area contributed by atoms with Crippen LogP contribution in [0.25, 0.3) is 0 Å². The van der Waals surface area contributed by atoms with E-state index in [-0.39, 0.29) is 24.5 Å². The van der Waals surface area contributed by atoms with Gasteiger partial charge in [0.15, 0.2) is 6.23 Å². The van der Waals surface area contributed by atoms with Gasteiger partial charge in [-0.3, -0.25) is 19.4 Å². The Balaban J connectivity index is 1.42. The number of esters is 1. The lowest BCUT2D eigenvalue weighted by Crippen LogP contribution is -2.61. The van der Waals surface area contributed by atoms with Gasteiger partial charge in [-0.1, -0.05) is 30.3 Å². The molecule has 4 rings (SSSR count). The van der Waals surface area contributed by atoms with E-state index < -0.39 is 47.8 Å². The highest BCUT2D eigenvalue weighted by molar-refractivity contribution is 7.16. The van der Waals surface area contributed by atoms with Gasteiger partial charge in [0.25, 0.3) is 11.7 Å². The molecule has 0 saturated carbocycles. The summed E-state index contributed by atoms with van der Waals surface area (Å²) in [7, 11) is 0. The van der Waals surface area contributed by atoms with Crippen molar-refractivity contribution in [1.29, 1.82) is 0 Å². The summed E-state index contributed by atoms with van der Waals surface area (Å²) in [6.07, 6.45) is 1.13. The Labute approximate surface area is 257 Å². The van der Waals surface area contributed by atoms with Crippen molar-refractivity contribution in [2.24, 2.45) is 5.92 Å². The van der Waals surface area contributed by atoms with Gasteiger partial charge in [0.2, 0.25) is 5.91 Å². The number of aromatic nitrogens is 1. The van der Waals surface area contributed by atoms with Crippen LogP contribution in [0.2, 0.25) is 0 Å². The number of pyridine rings is 1. The fourth-order valence-electron chi connectivity index (χ4n) is 4.42. The molecule has 3 aromatic rings. The smallest absolute Gasteiger partial charge is 0.460 e. The highest BCUT2D eigenvalue weighted by atomic mass is 16.6. The summed E-state index contributed by atoms with van der Waals surface area (Å²) in [5, 5.41) is 2.75. The van der Waals surface area contributed by atoms with Crippen LogP contribution in [0.15, 0.2) is 72.9 Å². The first-order valence-corrected chi connectivity index (χ1v) is 14.4. The molecule has 0 bridgehead atoms. The van der Waals surface area contributed by atoms with Crippen molar-refractivity contribution in [3.63, 3.8) is 0 Å². The molecule has 0 radical (unpaired) electrons. The maximum absolute atomic E-state index is 13.1. The molecular weight excluding hydrogens is 563 g/mol. The minimum Gasteiger partial charge on any atom is -0.470 e. The van der Waals surface area contributed by atoms with E-state index in [4.69, 9.17) is 18.9 Å². The van der Waals surface area contributed by atoms with Crippen molar-refractivity contribution in [2.45, 2.75) is 72.0 Å². The number of rotatable bonds is 10. The number of carbonyl (C=O) groups is 4. The van der Waals surface area contributed by atoms with Crippen LogP contribution < -0.4 is 15.6 Å². The van der Waals surface area contributed by atoms with Crippen molar-refractivity contribution < 1.29 is 38.1 Å². The van der Waals surface area contributed by atoms with Crippen LogP contribution in [0.4, 0.5) is 9.59 Å². The second-order valence-corrected chi connectivity index (χ2v) is 12.5. The summed E-state index contributed by atoms with van der Waals surface area (Å²) in [4.78, 5) is 55.4. The van der Waals surface area contributed by atoms with Crippen LogP contribution >= 0.6 is 0 Å². The second-order valence-electron chi connectivity index (χ2n) is 12.5. The zero-order valence-electron chi connectivity index (χ0n) is 25.8. The maximum Gasteiger partial charge on any atom is 0.460 e. The average molecular weight is 600 g/mol. The molecule has 1 amide bonds. The lowest BCUT2D eigenvalue weighted by Gasteiger charge is -2.36. The van der Waals surface area contributed by atoms with Crippen LogP contribution in [0.3, 0.4) is 0 Å². The van der Waals surface area contributed by atoms with Gasteiger partial charge >= 0.3 is 12.7 Å². The van der Waals surface area contributed by atoms with Crippen LogP contribution in [0.5, 0.6) is 5.75 Å². The van der Waals surface area contributed by atoms with E-state index in [1.807, 2.05) is 30.3 Å². The molecule has 2 atom stereocenters. The Morgan fingerprint density at radius 2 is 1.45 bits per heavy atom. The molecule has 1 fully saturated rings. The molecule has 0 spiro atoms. The van der Waals surface area contributed by atoms with Gasteiger partial charge in [-0.25, -0.2) is 4.79 Å². The Kier molecular flexibility index (Phi) is 9.76.